The van der Waals surface area contributed by atoms with E-state index in [0.717, 1.165) is 19.3 Å². The molecule has 1 fully saturated rings. The van der Waals surface area contributed by atoms with Crippen molar-refractivity contribution in [3.8, 4) is 0 Å². The first-order valence-electron chi connectivity index (χ1n) is 6.41. The molecule has 0 bridgehead atoms. The third kappa shape index (κ3) is 2.96. The van der Waals surface area contributed by atoms with Crippen molar-refractivity contribution >= 4 is 28.8 Å². The third-order valence-corrected chi connectivity index (χ3v) is 3.92. The highest BCUT2D eigenvalue weighted by Gasteiger charge is 2.39. The number of carbonyl (C=O) groups excluding carboxylic acids is 1. The molecule has 0 atom stereocenters. The number of hydrogen-bond acceptors (Lipinski definition) is 3. The van der Waals surface area contributed by atoms with Crippen LogP contribution in [0.1, 0.15) is 31.2 Å². The van der Waals surface area contributed by atoms with Gasteiger partial charge in [0.05, 0.1) is 23.3 Å². The van der Waals surface area contributed by atoms with Gasteiger partial charge in [0.15, 0.2) is 0 Å². The van der Waals surface area contributed by atoms with E-state index in [0.29, 0.717) is 5.69 Å². The van der Waals surface area contributed by atoms with Crippen molar-refractivity contribution < 1.29 is 13.9 Å². The third-order valence-electron chi connectivity index (χ3n) is 3.71. The molecule has 6 heteroatoms. The van der Waals surface area contributed by atoms with Crippen molar-refractivity contribution in [2.45, 2.75) is 31.3 Å². The van der Waals surface area contributed by atoms with Gasteiger partial charge in [0.2, 0.25) is 5.91 Å². The molecular formula is C14H17FN2O2S. The highest BCUT2D eigenvalue weighted by Crippen LogP contribution is 2.38. The molecule has 0 unspecified atom stereocenters. The van der Waals surface area contributed by atoms with Crippen LogP contribution in [0.5, 0.6) is 0 Å². The second kappa shape index (κ2) is 5.85. The van der Waals surface area contributed by atoms with Crippen molar-refractivity contribution in [1.29, 1.82) is 0 Å². The van der Waals surface area contributed by atoms with Gasteiger partial charge < -0.3 is 15.8 Å². The van der Waals surface area contributed by atoms with Crippen LogP contribution in [0.2, 0.25) is 0 Å². The SMILES string of the molecule is COC1(CC(=O)Nc2cccc(F)c2C(N)=S)CCC1. The first kappa shape index (κ1) is 14.9. The molecule has 0 heterocycles. The average Bonchev–Trinajstić information content (AvgIpc) is 2.33. The number of anilines is 1. The summed E-state index contributed by atoms with van der Waals surface area (Å²) in [6, 6.07) is 4.34. The summed E-state index contributed by atoms with van der Waals surface area (Å²) in [5, 5.41) is 2.66. The summed E-state index contributed by atoms with van der Waals surface area (Å²) in [4.78, 5) is 12.0. The number of ether oxygens (including phenoxy) is 1. The van der Waals surface area contributed by atoms with Gasteiger partial charge in [-0.25, -0.2) is 4.39 Å². The summed E-state index contributed by atoms with van der Waals surface area (Å²) >= 11 is 4.82. The summed E-state index contributed by atoms with van der Waals surface area (Å²) in [6.07, 6.45) is 3.03. The zero-order valence-corrected chi connectivity index (χ0v) is 12.1. The number of nitrogens with one attached hydrogen (secondary N) is 1. The number of thiocarbonyl (C=S) groups is 1. The summed E-state index contributed by atoms with van der Waals surface area (Å²) in [6.45, 7) is 0. The zero-order chi connectivity index (χ0) is 14.8. The Morgan fingerprint density at radius 2 is 2.25 bits per heavy atom. The van der Waals surface area contributed by atoms with E-state index in [2.05, 4.69) is 5.32 Å². The second-order valence-electron chi connectivity index (χ2n) is 4.99. The molecule has 0 aromatic heterocycles. The average molecular weight is 296 g/mol. The molecule has 1 aliphatic rings. The summed E-state index contributed by atoms with van der Waals surface area (Å²) in [5.74, 6) is -0.768. The number of carbonyl (C=O) groups is 1. The molecule has 20 heavy (non-hydrogen) atoms. The maximum atomic E-state index is 13.7. The number of amides is 1. The highest BCUT2D eigenvalue weighted by molar-refractivity contribution is 7.80. The van der Waals surface area contributed by atoms with Gasteiger partial charge in [-0.15, -0.1) is 0 Å². The van der Waals surface area contributed by atoms with Gasteiger partial charge in [0.25, 0.3) is 0 Å². The smallest absolute Gasteiger partial charge is 0.227 e. The Morgan fingerprint density at radius 1 is 1.55 bits per heavy atom. The van der Waals surface area contributed by atoms with Gasteiger partial charge >= 0.3 is 0 Å². The Bertz CT molecular complexity index is 538. The van der Waals surface area contributed by atoms with Gasteiger partial charge in [0.1, 0.15) is 10.8 Å². The van der Waals surface area contributed by atoms with Crippen LogP contribution in [0, 0.1) is 5.82 Å². The van der Waals surface area contributed by atoms with Crippen LogP contribution in [0.4, 0.5) is 10.1 Å². The highest BCUT2D eigenvalue weighted by atomic mass is 32.1. The van der Waals surface area contributed by atoms with Gasteiger partial charge in [0, 0.05) is 7.11 Å². The van der Waals surface area contributed by atoms with Crippen LogP contribution in [0.15, 0.2) is 18.2 Å². The van der Waals surface area contributed by atoms with E-state index in [9.17, 15) is 9.18 Å². The number of nitrogens with two attached hydrogens (primary N) is 1. The largest absolute Gasteiger partial charge is 0.389 e. The maximum Gasteiger partial charge on any atom is 0.227 e. The Hall–Kier alpha value is -1.53. The normalized spacial score (nSPS) is 16.3. The van der Waals surface area contributed by atoms with Crippen LogP contribution in [0.3, 0.4) is 0 Å². The van der Waals surface area contributed by atoms with Crippen LogP contribution < -0.4 is 11.1 Å². The molecule has 2 rings (SSSR count). The summed E-state index contributed by atoms with van der Waals surface area (Å²) in [7, 11) is 1.61. The van der Waals surface area contributed by atoms with Gasteiger partial charge in [-0.3, -0.25) is 4.79 Å². The fraction of sp³-hybridized carbons (Fsp3) is 0.429. The lowest BCUT2D eigenvalue weighted by atomic mass is 9.77. The van der Waals surface area contributed by atoms with Gasteiger partial charge in [-0.2, -0.15) is 0 Å². The lowest BCUT2D eigenvalue weighted by molar-refractivity contribution is -0.129. The molecule has 0 aliphatic heterocycles. The number of halogens is 1. The maximum absolute atomic E-state index is 13.7. The quantitative estimate of drug-likeness (QED) is 0.819. The molecule has 0 saturated heterocycles. The molecule has 3 N–H and O–H groups in total. The number of hydrogen-bond donors (Lipinski definition) is 2. The standard InChI is InChI=1S/C14H17FN2O2S/c1-19-14(6-3-7-14)8-11(18)17-10-5-2-4-9(15)12(10)13(16)20/h2,4-5H,3,6-8H2,1H3,(H2,16,20)(H,17,18). The van der Waals surface area contributed by atoms with Crippen molar-refractivity contribution in [3.63, 3.8) is 0 Å². The fourth-order valence-electron chi connectivity index (χ4n) is 2.39. The predicted molar refractivity (Wildman–Crippen MR) is 79.1 cm³/mol. The molecule has 4 nitrogen and oxygen atoms in total. The molecule has 0 radical (unpaired) electrons. The fourth-order valence-corrected chi connectivity index (χ4v) is 2.60. The Labute approximate surface area is 122 Å². The van der Waals surface area contributed by atoms with Crippen LogP contribution >= 0.6 is 12.2 Å². The summed E-state index contributed by atoms with van der Waals surface area (Å²) in [5.41, 5.74) is 5.49. The van der Waals surface area contributed by atoms with E-state index in [1.165, 1.54) is 12.1 Å². The van der Waals surface area contributed by atoms with E-state index in [1.807, 2.05) is 0 Å². The predicted octanol–water partition coefficient (Wildman–Crippen LogP) is 2.36. The van der Waals surface area contributed by atoms with E-state index in [-0.39, 0.29) is 28.5 Å². The lowest BCUT2D eigenvalue weighted by Gasteiger charge is -2.39. The Balaban J connectivity index is 2.12. The van der Waals surface area contributed by atoms with Crippen LogP contribution in [-0.2, 0) is 9.53 Å². The molecule has 1 aromatic rings. The number of benzene rings is 1. The molecule has 0 spiro atoms. The van der Waals surface area contributed by atoms with Gasteiger partial charge in [-0.05, 0) is 31.4 Å². The van der Waals surface area contributed by atoms with Crippen molar-refractivity contribution in [2.75, 3.05) is 12.4 Å². The van der Waals surface area contributed by atoms with E-state index >= 15 is 0 Å². The van der Waals surface area contributed by atoms with E-state index < -0.39 is 5.82 Å². The minimum Gasteiger partial charge on any atom is -0.389 e. The van der Waals surface area contributed by atoms with Crippen LogP contribution in [-0.4, -0.2) is 23.6 Å². The summed E-state index contributed by atoms with van der Waals surface area (Å²) < 4.78 is 19.1. The minimum atomic E-state index is -0.541. The number of methoxy groups -OCH3 is 1. The lowest BCUT2D eigenvalue weighted by Crippen LogP contribution is -2.42. The Morgan fingerprint density at radius 3 is 2.75 bits per heavy atom. The van der Waals surface area contributed by atoms with Gasteiger partial charge in [-0.1, -0.05) is 18.3 Å². The molecular weight excluding hydrogens is 279 g/mol. The van der Waals surface area contributed by atoms with E-state index in [4.69, 9.17) is 22.7 Å². The van der Waals surface area contributed by atoms with Crippen molar-refractivity contribution in [1.82, 2.24) is 0 Å². The minimum absolute atomic E-state index is 0.0657. The van der Waals surface area contributed by atoms with Crippen LogP contribution in [0.25, 0.3) is 0 Å². The Kier molecular flexibility index (Phi) is 4.35. The first-order chi connectivity index (χ1) is 9.47. The molecule has 1 aliphatic carbocycles. The molecule has 1 amide bonds. The second-order valence-corrected chi connectivity index (χ2v) is 5.43. The topological polar surface area (TPSA) is 64.3 Å². The molecule has 1 saturated carbocycles. The first-order valence-corrected chi connectivity index (χ1v) is 6.81. The van der Waals surface area contributed by atoms with Crippen molar-refractivity contribution in [3.05, 3.63) is 29.6 Å². The zero-order valence-electron chi connectivity index (χ0n) is 11.2. The van der Waals surface area contributed by atoms with E-state index in [1.54, 1.807) is 13.2 Å². The van der Waals surface area contributed by atoms with Crippen molar-refractivity contribution in [2.24, 2.45) is 5.73 Å². The molecule has 108 valence electrons. The monoisotopic (exact) mass is 296 g/mol. The number of rotatable bonds is 5. The molecule has 1 aromatic carbocycles.